The Morgan fingerprint density at radius 2 is 1.90 bits per heavy atom. The van der Waals surface area contributed by atoms with Gasteiger partial charge < -0.3 is 9.47 Å². The molecule has 1 saturated heterocycles. The van der Waals surface area contributed by atoms with Crippen molar-refractivity contribution in [2.45, 2.75) is 58.2 Å². The predicted molar refractivity (Wildman–Crippen MR) is 77.5 cm³/mol. The fraction of sp³-hybridized carbons (Fsp3) is 0.714. The molecule has 2 aliphatic heterocycles. The van der Waals surface area contributed by atoms with Gasteiger partial charge in [0.25, 0.3) is 0 Å². The number of fused-ring (bicyclic) bond motifs is 2. The SMILES string of the molecule is CCOC(=O)C1=C(Br)C2CCC1N2C(=O)OC(C)(C)C. The average Bonchev–Trinajstić information content (AvgIpc) is 2.82. The zero-order valence-corrected chi connectivity index (χ0v) is 13.8. The van der Waals surface area contributed by atoms with Crippen LogP contribution < -0.4 is 0 Å². The summed E-state index contributed by atoms with van der Waals surface area (Å²) < 4.78 is 11.3. The highest BCUT2D eigenvalue weighted by Crippen LogP contribution is 2.45. The highest BCUT2D eigenvalue weighted by molar-refractivity contribution is 9.11. The molecule has 0 saturated carbocycles. The van der Waals surface area contributed by atoms with E-state index in [1.165, 1.54) is 0 Å². The lowest BCUT2D eigenvalue weighted by atomic mass is 9.99. The van der Waals surface area contributed by atoms with E-state index in [1.807, 2.05) is 20.8 Å². The topological polar surface area (TPSA) is 55.8 Å². The molecule has 5 nitrogen and oxygen atoms in total. The van der Waals surface area contributed by atoms with Crippen LogP contribution in [0.5, 0.6) is 0 Å². The molecule has 6 heteroatoms. The number of amides is 1. The van der Waals surface area contributed by atoms with Crippen LogP contribution in [0.15, 0.2) is 10.1 Å². The largest absolute Gasteiger partial charge is 0.463 e. The summed E-state index contributed by atoms with van der Waals surface area (Å²) in [6, 6.07) is -0.336. The molecule has 0 aromatic carbocycles. The third-order valence-corrected chi connectivity index (χ3v) is 4.32. The van der Waals surface area contributed by atoms with Gasteiger partial charge in [-0.25, -0.2) is 9.59 Å². The van der Waals surface area contributed by atoms with Crippen molar-refractivity contribution in [3.8, 4) is 0 Å². The normalized spacial score (nSPS) is 25.1. The Morgan fingerprint density at radius 3 is 2.45 bits per heavy atom. The minimum Gasteiger partial charge on any atom is -0.463 e. The second kappa shape index (κ2) is 5.39. The first-order valence-electron chi connectivity index (χ1n) is 6.84. The summed E-state index contributed by atoms with van der Waals surface area (Å²) in [6.07, 6.45) is 1.24. The Kier molecular flexibility index (Phi) is 4.14. The van der Waals surface area contributed by atoms with Crippen molar-refractivity contribution in [2.24, 2.45) is 0 Å². The number of hydrogen-bond donors (Lipinski definition) is 0. The molecule has 2 heterocycles. The molecule has 0 aromatic rings. The van der Waals surface area contributed by atoms with E-state index in [0.29, 0.717) is 12.2 Å². The van der Waals surface area contributed by atoms with E-state index in [4.69, 9.17) is 9.47 Å². The zero-order chi connectivity index (χ0) is 15.1. The maximum absolute atomic E-state index is 12.3. The van der Waals surface area contributed by atoms with E-state index in [0.717, 1.165) is 17.3 Å². The van der Waals surface area contributed by atoms with Gasteiger partial charge in [0.2, 0.25) is 0 Å². The van der Waals surface area contributed by atoms with Gasteiger partial charge in [-0.15, -0.1) is 0 Å². The van der Waals surface area contributed by atoms with Crippen molar-refractivity contribution in [1.29, 1.82) is 0 Å². The predicted octanol–water partition coefficient (Wildman–Crippen LogP) is 2.98. The van der Waals surface area contributed by atoms with Crippen LogP contribution >= 0.6 is 15.9 Å². The average molecular weight is 346 g/mol. The van der Waals surface area contributed by atoms with E-state index in [1.54, 1.807) is 11.8 Å². The van der Waals surface area contributed by atoms with E-state index in [9.17, 15) is 9.59 Å². The van der Waals surface area contributed by atoms with Crippen LogP contribution in [-0.2, 0) is 14.3 Å². The molecule has 2 bridgehead atoms. The number of ether oxygens (including phenoxy) is 2. The van der Waals surface area contributed by atoms with Crippen molar-refractivity contribution < 1.29 is 19.1 Å². The molecule has 2 aliphatic rings. The van der Waals surface area contributed by atoms with Crippen LogP contribution in [0.3, 0.4) is 0 Å². The highest BCUT2D eigenvalue weighted by atomic mass is 79.9. The molecule has 2 atom stereocenters. The molecule has 2 rings (SSSR count). The third-order valence-electron chi connectivity index (χ3n) is 3.37. The smallest absolute Gasteiger partial charge is 0.411 e. The first kappa shape index (κ1) is 15.4. The van der Waals surface area contributed by atoms with Crippen LogP contribution in [-0.4, -0.2) is 41.3 Å². The molecular weight excluding hydrogens is 326 g/mol. The number of hydrogen-bond acceptors (Lipinski definition) is 4. The van der Waals surface area contributed by atoms with Crippen LogP contribution in [0.4, 0.5) is 4.79 Å². The second-order valence-corrected chi connectivity index (χ2v) is 6.83. The molecule has 0 aliphatic carbocycles. The van der Waals surface area contributed by atoms with Crippen molar-refractivity contribution in [2.75, 3.05) is 6.61 Å². The number of halogens is 1. The summed E-state index contributed by atoms with van der Waals surface area (Å²) in [6.45, 7) is 7.59. The number of nitrogens with zero attached hydrogens (tertiary/aromatic N) is 1. The van der Waals surface area contributed by atoms with Gasteiger partial charge >= 0.3 is 12.1 Å². The summed E-state index contributed by atoms with van der Waals surface area (Å²) in [5.41, 5.74) is 0.0179. The fourth-order valence-corrected chi connectivity index (χ4v) is 3.57. The number of carbonyl (C=O) groups excluding carboxylic acids is 2. The van der Waals surface area contributed by atoms with Crippen LogP contribution in [0.2, 0.25) is 0 Å². The van der Waals surface area contributed by atoms with Gasteiger partial charge in [-0.1, -0.05) is 15.9 Å². The number of esters is 1. The van der Waals surface area contributed by atoms with E-state index in [2.05, 4.69) is 15.9 Å². The van der Waals surface area contributed by atoms with E-state index < -0.39 is 5.60 Å². The molecule has 0 spiro atoms. The summed E-state index contributed by atoms with van der Waals surface area (Å²) in [7, 11) is 0. The monoisotopic (exact) mass is 345 g/mol. The van der Waals surface area contributed by atoms with Gasteiger partial charge in [0.15, 0.2) is 0 Å². The van der Waals surface area contributed by atoms with Gasteiger partial charge in [0.05, 0.1) is 24.3 Å². The van der Waals surface area contributed by atoms with Crippen molar-refractivity contribution in [1.82, 2.24) is 4.90 Å². The molecule has 1 fully saturated rings. The second-order valence-electron chi connectivity index (χ2n) is 5.98. The maximum atomic E-state index is 12.3. The summed E-state index contributed by atoms with van der Waals surface area (Å²) in [4.78, 5) is 26.0. The van der Waals surface area contributed by atoms with Crippen LogP contribution in [0.25, 0.3) is 0 Å². The lowest BCUT2D eigenvalue weighted by Crippen LogP contribution is -2.41. The minimum atomic E-state index is -0.546. The third kappa shape index (κ3) is 2.71. The van der Waals surface area contributed by atoms with Crippen molar-refractivity contribution >= 4 is 28.0 Å². The molecule has 0 N–H and O–H groups in total. The fourth-order valence-electron chi connectivity index (χ4n) is 2.69. The van der Waals surface area contributed by atoms with Crippen molar-refractivity contribution in [3.63, 3.8) is 0 Å². The summed E-state index contributed by atoms with van der Waals surface area (Å²) in [5.74, 6) is -0.347. The van der Waals surface area contributed by atoms with E-state index in [-0.39, 0.29) is 24.1 Å². The van der Waals surface area contributed by atoms with Crippen LogP contribution in [0, 0.1) is 0 Å². The minimum absolute atomic E-state index is 0.103. The van der Waals surface area contributed by atoms with Gasteiger partial charge in [-0.05, 0) is 40.5 Å². The van der Waals surface area contributed by atoms with Crippen molar-refractivity contribution in [3.05, 3.63) is 10.1 Å². The molecule has 1 amide bonds. The maximum Gasteiger partial charge on any atom is 0.411 e. The Balaban J connectivity index is 2.18. The first-order valence-corrected chi connectivity index (χ1v) is 7.63. The molecular formula is C14H20BrNO4. The molecule has 20 heavy (non-hydrogen) atoms. The van der Waals surface area contributed by atoms with Gasteiger partial charge in [-0.2, -0.15) is 0 Å². The Morgan fingerprint density at radius 1 is 1.30 bits per heavy atom. The van der Waals surface area contributed by atoms with Gasteiger partial charge in [0.1, 0.15) is 5.60 Å². The molecule has 2 unspecified atom stereocenters. The lowest BCUT2D eigenvalue weighted by Gasteiger charge is -2.28. The summed E-state index contributed by atoms with van der Waals surface area (Å²) >= 11 is 3.45. The molecule has 0 radical (unpaired) electrons. The number of carbonyl (C=O) groups is 2. The number of rotatable bonds is 2. The highest BCUT2D eigenvalue weighted by Gasteiger charge is 2.51. The van der Waals surface area contributed by atoms with Gasteiger partial charge in [0, 0.05) is 4.48 Å². The Bertz CT molecular complexity index is 466. The quantitative estimate of drug-likeness (QED) is 0.722. The first-order chi connectivity index (χ1) is 9.26. The zero-order valence-electron chi connectivity index (χ0n) is 12.2. The molecule has 112 valence electrons. The lowest BCUT2D eigenvalue weighted by molar-refractivity contribution is -0.138. The van der Waals surface area contributed by atoms with Gasteiger partial charge in [-0.3, -0.25) is 4.90 Å². The van der Waals surface area contributed by atoms with E-state index >= 15 is 0 Å². The Labute approximate surface area is 127 Å². The summed E-state index contributed by atoms with van der Waals surface area (Å²) in [5, 5.41) is 0. The van der Waals surface area contributed by atoms with Crippen LogP contribution in [0.1, 0.15) is 40.5 Å². The molecule has 0 aromatic heterocycles. The standard InChI is InChI=1S/C14H20BrNO4/c1-5-19-12(17)10-8-6-7-9(11(10)15)16(8)13(18)20-14(2,3)4/h8-9H,5-7H2,1-4H3. The Hall–Kier alpha value is -1.04.